The van der Waals surface area contributed by atoms with Crippen molar-refractivity contribution < 1.29 is 19.4 Å². The molecule has 2 aromatic carbocycles. The average Bonchev–Trinajstić information content (AvgIpc) is 3.36. The second kappa shape index (κ2) is 11.0. The van der Waals surface area contributed by atoms with E-state index < -0.39 is 12.0 Å². The van der Waals surface area contributed by atoms with Gasteiger partial charge in [-0.3, -0.25) is 9.78 Å². The number of rotatable bonds is 10. The van der Waals surface area contributed by atoms with E-state index in [4.69, 9.17) is 20.3 Å². The summed E-state index contributed by atoms with van der Waals surface area (Å²) in [7, 11) is 1.67. The molecule has 4 N–H and O–H groups in total. The van der Waals surface area contributed by atoms with Crippen LogP contribution in [0.3, 0.4) is 0 Å². The lowest BCUT2D eigenvalue weighted by atomic mass is 10.0. The molecule has 178 valence electrons. The first-order valence-corrected chi connectivity index (χ1v) is 11.6. The van der Waals surface area contributed by atoms with Gasteiger partial charge in [0.1, 0.15) is 6.04 Å². The van der Waals surface area contributed by atoms with Gasteiger partial charge in [0.15, 0.2) is 11.5 Å². The highest BCUT2D eigenvalue weighted by molar-refractivity contribution is 5.73. The molecule has 4 rings (SSSR count). The molecule has 0 amide bonds. The highest BCUT2D eigenvalue weighted by atomic mass is 16.5. The number of hydrogen-bond donors (Lipinski definition) is 3. The maximum absolute atomic E-state index is 11.0. The molecular weight excluding hydrogens is 430 g/mol. The van der Waals surface area contributed by atoms with Gasteiger partial charge in [-0.25, -0.2) is 0 Å². The van der Waals surface area contributed by atoms with Crippen LogP contribution in [0, 0.1) is 0 Å². The Kier molecular flexibility index (Phi) is 7.65. The first kappa shape index (κ1) is 23.6. The van der Waals surface area contributed by atoms with Gasteiger partial charge < -0.3 is 25.6 Å². The van der Waals surface area contributed by atoms with Gasteiger partial charge >= 0.3 is 5.97 Å². The second-order valence-electron chi connectivity index (χ2n) is 8.67. The number of nitrogens with one attached hydrogen (secondary N) is 1. The molecule has 0 aliphatic heterocycles. The van der Waals surface area contributed by atoms with Gasteiger partial charge in [-0.05, 0) is 67.0 Å². The van der Waals surface area contributed by atoms with E-state index >= 15 is 0 Å². The minimum Gasteiger partial charge on any atom is -0.493 e. The molecule has 1 aliphatic rings. The number of nitrogens with two attached hydrogens (primary N) is 1. The van der Waals surface area contributed by atoms with Crippen LogP contribution in [0.2, 0.25) is 0 Å². The minimum absolute atomic E-state index is 0.268. The van der Waals surface area contributed by atoms with Crippen LogP contribution in [-0.4, -0.2) is 35.3 Å². The van der Waals surface area contributed by atoms with Gasteiger partial charge in [-0.2, -0.15) is 0 Å². The fourth-order valence-electron chi connectivity index (χ4n) is 4.18. The van der Waals surface area contributed by atoms with Gasteiger partial charge in [0.25, 0.3) is 0 Å². The second-order valence-corrected chi connectivity index (χ2v) is 8.67. The van der Waals surface area contributed by atoms with Crippen molar-refractivity contribution in [3.05, 3.63) is 72.1 Å². The number of carbonyl (C=O) groups is 1. The Morgan fingerprint density at radius 2 is 1.79 bits per heavy atom. The number of carboxylic acid groups (broad SMARTS) is 1. The summed E-state index contributed by atoms with van der Waals surface area (Å²) >= 11 is 0. The third kappa shape index (κ3) is 6.05. The summed E-state index contributed by atoms with van der Waals surface area (Å²) in [5.74, 6) is 0.552. The largest absolute Gasteiger partial charge is 0.493 e. The average molecular weight is 462 g/mol. The molecule has 1 fully saturated rings. The van der Waals surface area contributed by atoms with Gasteiger partial charge in [0.05, 0.1) is 18.9 Å². The number of nitrogens with zero attached hydrogens (tertiary/aromatic N) is 1. The first-order valence-electron chi connectivity index (χ1n) is 11.6. The van der Waals surface area contributed by atoms with Crippen molar-refractivity contribution in [2.75, 3.05) is 12.4 Å². The molecule has 1 aliphatic carbocycles. The van der Waals surface area contributed by atoms with Crippen LogP contribution in [0.25, 0.3) is 11.1 Å². The van der Waals surface area contributed by atoms with Crippen molar-refractivity contribution in [1.29, 1.82) is 0 Å². The lowest BCUT2D eigenvalue weighted by Crippen LogP contribution is -2.32. The topological polar surface area (TPSA) is 107 Å². The Balaban J connectivity index is 1.41. The third-order valence-corrected chi connectivity index (χ3v) is 6.12. The fourth-order valence-corrected chi connectivity index (χ4v) is 4.18. The van der Waals surface area contributed by atoms with Gasteiger partial charge in [0.2, 0.25) is 0 Å². The van der Waals surface area contributed by atoms with Crippen LogP contribution >= 0.6 is 0 Å². The maximum Gasteiger partial charge on any atom is 0.320 e. The van der Waals surface area contributed by atoms with E-state index in [2.05, 4.69) is 10.3 Å². The lowest BCUT2D eigenvalue weighted by Gasteiger charge is -2.17. The predicted octanol–water partition coefficient (Wildman–Crippen LogP) is 4.65. The highest BCUT2D eigenvalue weighted by Gasteiger charge is 2.18. The van der Waals surface area contributed by atoms with E-state index in [1.165, 1.54) is 12.8 Å². The Morgan fingerprint density at radius 1 is 1.06 bits per heavy atom. The van der Waals surface area contributed by atoms with E-state index in [1.54, 1.807) is 13.3 Å². The molecule has 1 saturated carbocycles. The van der Waals surface area contributed by atoms with Gasteiger partial charge in [-0.1, -0.05) is 30.3 Å². The molecule has 0 bridgehead atoms. The molecule has 0 spiro atoms. The number of pyridine rings is 1. The standard InChI is InChI=1S/C27H31N3O4/c1-33-25-11-8-19(13-26(25)34-23-4-2-3-5-23)15-30-22-14-21(16-29-17-22)20-9-6-18(7-10-20)12-24(28)27(31)32/h6-11,13-14,16-17,23-24,30H,2-5,12,15,28H2,1H3,(H,31,32). The fraction of sp³-hybridized carbons (Fsp3) is 0.333. The Labute approximate surface area is 199 Å². The summed E-state index contributed by atoms with van der Waals surface area (Å²) < 4.78 is 11.7. The Bertz CT molecular complexity index is 1110. The molecule has 3 aromatic rings. The zero-order chi connectivity index (χ0) is 23.9. The zero-order valence-electron chi connectivity index (χ0n) is 19.4. The number of methoxy groups -OCH3 is 1. The molecule has 34 heavy (non-hydrogen) atoms. The smallest absolute Gasteiger partial charge is 0.320 e. The van der Waals surface area contributed by atoms with Crippen LogP contribution in [0.5, 0.6) is 11.5 Å². The van der Waals surface area contributed by atoms with Crippen LogP contribution < -0.4 is 20.5 Å². The van der Waals surface area contributed by atoms with Crippen LogP contribution in [0.4, 0.5) is 5.69 Å². The van der Waals surface area contributed by atoms with Crippen molar-refractivity contribution in [1.82, 2.24) is 4.98 Å². The molecule has 0 saturated heterocycles. The molecule has 1 aromatic heterocycles. The first-order chi connectivity index (χ1) is 16.5. The van der Waals surface area contributed by atoms with Crippen molar-refractivity contribution in [2.24, 2.45) is 5.73 Å². The van der Waals surface area contributed by atoms with Crippen LogP contribution in [-0.2, 0) is 17.8 Å². The molecule has 1 atom stereocenters. The third-order valence-electron chi connectivity index (χ3n) is 6.12. The molecule has 1 unspecified atom stereocenters. The Morgan fingerprint density at radius 3 is 2.50 bits per heavy atom. The SMILES string of the molecule is COc1ccc(CNc2cncc(-c3ccc(CC(N)C(=O)O)cc3)c2)cc1OC1CCCC1. The molecule has 7 heteroatoms. The molecule has 1 heterocycles. The van der Waals surface area contributed by atoms with E-state index in [9.17, 15) is 4.79 Å². The van der Waals surface area contributed by atoms with Crippen molar-refractivity contribution in [3.63, 3.8) is 0 Å². The van der Waals surface area contributed by atoms with Gasteiger partial charge in [-0.15, -0.1) is 0 Å². The number of benzene rings is 2. The van der Waals surface area contributed by atoms with E-state index in [1.807, 2.05) is 54.7 Å². The van der Waals surface area contributed by atoms with Gasteiger partial charge in [0, 0.05) is 24.5 Å². The van der Waals surface area contributed by atoms with Crippen molar-refractivity contribution in [2.45, 2.75) is 50.8 Å². The minimum atomic E-state index is -0.999. The summed E-state index contributed by atoms with van der Waals surface area (Å²) in [6, 6.07) is 14.9. The quantitative estimate of drug-likeness (QED) is 0.404. The van der Waals surface area contributed by atoms with Crippen molar-refractivity contribution >= 4 is 11.7 Å². The van der Waals surface area contributed by atoms with Crippen LogP contribution in [0.1, 0.15) is 36.8 Å². The number of aromatic nitrogens is 1. The summed E-state index contributed by atoms with van der Waals surface area (Å²) in [6.07, 6.45) is 8.79. The monoisotopic (exact) mass is 461 g/mol. The highest BCUT2D eigenvalue weighted by Crippen LogP contribution is 2.32. The summed E-state index contributed by atoms with van der Waals surface area (Å²) in [4.78, 5) is 15.3. The number of anilines is 1. The zero-order valence-corrected chi connectivity index (χ0v) is 19.4. The number of aliphatic carboxylic acids is 1. The van der Waals surface area contributed by atoms with E-state index in [0.29, 0.717) is 13.0 Å². The van der Waals surface area contributed by atoms with Crippen LogP contribution in [0.15, 0.2) is 60.9 Å². The normalized spacial score (nSPS) is 14.5. The predicted molar refractivity (Wildman–Crippen MR) is 132 cm³/mol. The van der Waals surface area contributed by atoms with E-state index in [0.717, 1.165) is 52.3 Å². The summed E-state index contributed by atoms with van der Waals surface area (Å²) in [6.45, 7) is 0.627. The number of ether oxygens (including phenoxy) is 2. The maximum atomic E-state index is 11.0. The Hall–Kier alpha value is -3.58. The molecule has 7 nitrogen and oxygen atoms in total. The number of hydrogen-bond acceptors (Lipinski definition) is 6. The number of carboxylic acids is 1. The van der Waals surface area contributed by atoms with Crippen molar-refractivity contribution in [3.8, 4) is 22.6 Å². The summed E-state index contributed by atoms with van der Waals surface area (Å²) in [5, 5.41) is 12.4. The molecule has 0 radical (unpaired) electrons. The lowest BCUT2D eigenvalue weighted by molar-refractivity contribution is -0.138. The summed E-state index contributed by atoms with van der Waals surface area (Å²) in [5.41, 5.74) is 10.5. The van der Waals surface area contributed by atoms with E-state index in [-0.39, 0.29) is 6.10 Å². The molecular formula is C27H31N3O4.